The van der Waals surface area contributed by atoms with E-state index in [-0.39, 0.29) is 11.8 Å². The van der Waals surface area contributed by atoms with Crippen LogP contribution >= 0.6 is 15.9 Å². The highest BCUT2D eigenvalue weighted by Crippen LogP contribution is 2.22. The van der Waals surface area contributed by atoms with Gasteiger partial charge in [0.1, 0.15) is 0 Å². The Kier molecular flexibility index (Phi) is 5.69. The Bertz CT molecular complexity index is 716. The van der Waals surface area contributed by atoms with Crippen molar-refractivity contribution in [1.29, 1.82) is 0 Å². The number of benzene rings is 2. The molecule has 0 spiro atoms. The molecule has 2 aromatic carbocycles. The normalized spacial score (nSPS) is 18.3. The third-order valence-corrected chi connectivity index (χ3v) is 4.95. The fraction of sp³-hybridized carbons (Fsp3) is 0.350. The van der Waals surface area contributed by atoms with Crippen molar-refractivity contribution in [3.8, 4) is 0 Å². The predicted octanol–water partition coefficient (Wildman–Crippen LogP) is 4.61. The smallest absolute Gasteiger partial charge is 0.228 e. The molecular weight excluding hydrogens is 364 g/mol. The second-order valence-electron chi connectivity index (χ2n) is 6.56. The van der Waals surface area contributed by atoms with Crippen LogP contribution in [0.5, 0.6) is 0 Å². The van der Waals surface area contributed by atoms with Gasteiger partial charge < -0.3 is 5.32 Å². The number of nitrogens with one attached hydrogen (secondary N) is 1. The summed E-state index contributed by atoms with van der Waals surface area (Å²) in [7, 11) is 0. The molecule has 1 aliphatic rings. The lowest BCUT2D eigenvalue weighted by molar-refractivity contribution is -0.121. The third kappa shape index (κ3) is 4.68. The van der Waals surface area contributed by atoms with Crippen LogP contribution in [0, 0.1) is 12.8 Å². The zero-order valence-corrected chi connectivity index (χ0v) is 15.6. The molecule has 0 aliphatic carbocycles. The maximum atomic E-state index is 12.6. The Balaban J connectivity index is 1.59. The highest BCUT2D eigenvalue weighted by Gasteiger charge is 2.25. The molecule has 2 aromatic rings. The molecule has 0 aromatic heterocycles. The molecule has 1 saturated heterocycles. The highest BCUT2D eigenvalue weighted by atomic mass is 79.9. The zero-order valence-electron chi connectivity index (χ0n) is 14.0. The summed E-state index contributed by atoms with van der Waals surface area (Å²) in [6.45, 7) is 4.93. The summed E-state index contributed by atoms with van der Waals surface area (Å²) in [5, 5.41) is 3.05. The van der Waals surface area contributed by atoms with Crippen LogP contribution in [0.4, 0.5) is 5.69 Å². The highest BCUT2D eigenvalue weighted by molar-refractivity contribution is 9.10. The van der Waals surface area contributed by atoms with Gasteiger partial charge in [-0.25, -0.2) is 0 Å². The van der Waals surface area contributed by atoms with Crippen molar-refractivity contribution < 1.29 is 4.79 Å². The van der Waals surface area contributed by atoms with Crippen LogP contribution in [0.1, 0.15) is 24.0 Å². The number of rotatable bonds is 4. The number of likely N-dealkylation sites (tertiary alicyclic amines) is 1. The Hall–Kier alpha value is -1.65. The maximum Gasteiger partial charge on any atom is 0.228 e. The van der Waals surface area contributed by atoms with Crippen molar-refractivity contribution in [2.75, 3.05) is 18.4 Å². The van der Waals surface area contributed by atoms with E-state index >= 15 is 0 Å². The molecule has 126 valence electrons. The molecule has 0 saturated carbocycles. The minimum atomic E-state index is 0.0579. The average molecular weight is 387 g/mol. The lowest BCUT2D eigenvalue weighted by Crippen LogP contribution is -2.40. The van der Waals surface area contributed by atoms with E-state index in [0.717, 1.165) is 42.6 Å². The fourth-order valence-corrected chi connectivity index (χ4v) is 3.69. The van der Waals surface area contributed by atoms with E-state index in [9.17, 15) is 4.79 Å². The van der Waals surface area contributed by atoms with E-state index in [1.165, 1.54) is 11.1 Å². The predicted molar refractivity (Wildman–Crippen MR) is 102 cm³/mol. The van der Waals surface area contributed by atoms with Crippen molar-refractivity contribution in [2.24, 2.45) is 5.92 Å². The van der Waals surface area contributed by atoms with Crippen molar-refractivity contribution in [1.82, 2.24) is 4.90 Å². The lowest BCUT2D eigenvalue weighted by atomic mass is 9.96. The van der Waals surface area contributed by atoms with Gasteiger partial charge in [0.15, 0.2) is 0 Å². The number of carbonyl (C=O) groups is 1. The standard InChI is InChI=1S/C20H23BrN2O/c1-15-5-2-6-16(11-15)13-23-10-4-7-17(14-23)20(24)22-19-9-3-8-18(21)12-19/h2-3,5-6,8-9,11-12,17H,4,7,10,13-14H2,1H3,(H,22,24). The summed E-state index contributed by atoms with van der Waals surface area (Å²) < 4.78 is 0.977. The van der Waals surface area contributed by atoms with E-state index < -0.39 is 0 Å². The molecule has 0 radical (unpaired) electrons. The number of hydrogen-bond acceptors (Lipinski definition) is 2. The number of halogens is 1. The fourth-order valence-electron chi connectivity index (χ4n) is 3.29. The molecule has 1 unspecified atom stereocenters. The van der Waals surface area contributed by atoms with E-state index in [1.54, 1.807) is 0 Å². The summed E-state index contributed by atoms with van der Waals surface area (Å²) in [5.41, 5.74) is 3.46. The minimum absolute atomic E-state index is 0.0579. The molecule has 1 amide bonds. The topological polar surface area (TPSA) is 32.3 Å². The van der Waals surface area contributed by atoms with E-state index in [4.69, 9.17) is 0 Å². The molecule has 3 nitrogen and oxygen atoms in total. The number of nitrogens with zero attached hydrogens (tertiary/aromatic N) is 1. The molecule has 1 N–H and O–H groups in total. The Labute approximate surface area is 152 Å². The molecule has 24 heavy (non-hydrogen) atoms. The van der Waals surface area contributed by atoms with E-state index in [2.05, 4.69) is 57.3 Å². The van der Waals surface area contributed by atoms with E-state index in [1.807, 2.05) is 24.3 Å². The summed E-state index contributed by atoms with van der Waals surface area (Å²) in [4.78, 5) is 15.0. The van der Waals surface area contributed by atoms with Gasteiger partial charge in [0.05, 0.1) is 5.92 Å². The zero-order chi connectivity index (χ0) is 16.9. The molecular formula is C20H23BrN2O. The van der Waals surface area contributed by atoms with Crippen molar-refractivity contribution >= 4 is 27.5 Å². The lowest BCUT2D eigenvalue weighted by Gasteiger charge is -2.32. The molecule has 1 atom stereocenters. The number of piperidine rings is 1. The number of anilines is 1. The summed E-state index contributed by atoms with van der Waals surface area (Å²) in [6.07, 6.45) is 2.03. The molecule has 0 bridgehead atoms. The van der Waals surface area contributed by atoms with Gasteiger partial charge in [0.25, 0.3) is 0 Å². The first-order valence-corrected chi connectivity index (χ1v) is 9.24. The first-order chi connectivity index (χ1) is 11.6. The van der Waals surface area contributed by atoms with Crippen LogP contribution in [0.2, 0.25) is 0 Å². The van der Waals surface area contributed by atoms with E-state index in [0.29, 0.717) is 0 Å². The largest absolute Gasteiger partial charge is 0.326 e. The summed E-state index contributed by atoms with van der Waals surface area (Å²) in [5.74, 6) is 0.185. The molecule has 1 aliphatic heterocycles. The SMILES string of the molecule is Cc1cccc(CN2CCCC(C(=O)Nc3cccc(Br)c3)C2)c1. The van der Waals surface area contributed by atoms with Gasteiger partial charge in [-0.15, -0.1) is 0 Å². The number of hydrogen-bond donors (Lipinski definition) is 1. The van der Waals surface area contributed by atoms with Crippen molar-refractivity contribution in [3.05, 3.63) is 64.1 Å². The Morgan fingerprint density at radius 3 is 2.88 bits per heavy atom. The minimum Gasteiger partial charge on any atom is -0.326 e. The van der Waals surface area contributed by atoms with Crippen LogP contribution in [0.3, 0.4) is 0 Å². The van der Waals surface area contributed by atoms with Gasteiger partial charge in [0, 0.05) is 23.2 Å². The third-order valence-electron chi connectivity index (χ3n) is 4.46. The maximum absolute atomic E-state index is 12.6. The van der Waals surface area contributed by atoms with Crippen LogP contribution < -0.4 is 5.32 Å². The van der Waals surface area contributed by atoms with Gasteiger partial charge in [-0.1, -0.05) is 51.8 Å². The van der Waals surface area contributed by atoms with Gasteiger partial charge in [-0.3, -0.25) is 9.69 Å². The summed E-state index contributed by atoms with van der Waals surface area (Å²) >= 11 is 3.44. The molecule has 1 heterocycles. The first kappa shape index (κ1) is 17.2. The molecule has 3 rings (SSSR count). The number of carbonyl (C=O) groups excluding carboxylic acids is 1. The van der Waals surface area contributed by atoms with Crippen LogP contribution in [0.25, 0.3) is 0 Å². The van der Waals surface area contributed by atoms with Gasteiger partial charge in [0.2, 0.25) is 5.91 Å². The average Bonchev–Trinajstić information content (AvgIpc) is 2.55. The molecule has 1 fully saturated rings. The Morgan fingerprint density at radius 1 is 1.25 bits per heavy atom. The van der Waals surface area contributed by atoms with Crippen molar-refractivity contribution in [3.63, 3.8) is 0 Å². The van der Waals surface area contributed by atoms with Crippen LogP contribution in [0.15, 0.2) is 53.0 Å². The second kappa shape index (κ2) is 7.95. The quantitative estimate of drug-likeness (QED) is 0.831. The summed E-state index contributed by atoms with van der Waals surface area (Å²) in [6, 6.07) is 16.4. The molecule has 4 heteroatoms. The Morgan fingerprint density at radius 2 is 2.08 bits per heavy atom. The van der Waals surface area contributed by atoms with Gasteiger partial charge in [-0.2, -0.15) is 0 Å². The van der Waals surface area contributed by atoms with Gasteiger partial charge >= 0.3 is 0 Å². The van der Waals surface area contributed by atoms with Crippen LogP contribution in [-0.4, -0.2) is 23.9 Å². The number of aryl methyl sites for hydroxylation is 1. The first-order valence-electron chi connectivity index (χ1n) is 8.44. The van der Waals surface area contributed by atoms with Crippen LogP contribution in [-0.2, 0) is 11.3 Å². The van der Waals surface area contributed by atoms with Gasteiger partial charge in [-0.05, 0) is 50.1 Å². The number of amides is 1. The monoisotopic (exact) mass is 386 g/mol. The van der Waals surface area contributed by atoms with Crippen molar-refractivity contribution in [2.45, 2.75) is 26.3 Å². The second-order valence-corrected chi connectivity index (χ2v) is 7.48.